The molecule has 21 heavy (non-hydrogen) atoms. The number of aromatic nitrogens is 2. The Morgan fingerprint density at radius 2 is 1.95 bits per heavy atom. The van der Waals surface area contributed by atoms with Gasteiger partial charge in [0.1, 0.15) is 17.5 Å². The first-order valence-corrected chi connectivity index (χ1v) is 6.87. The Balaban J connectivity index is 2.58. The fourth-order valence-electron chi connectivity index (χ4n) is 2.41. The minimum atomic E-state index is -0.366. The van der Waals surface area contributed by atoms with Crippen LogP contribution in [0.15, 0.2) is 29.1 Å². The minimum absolute atomic E-state index is 0.127. The number of hydrogen-bond donors (Lipinski definition) is 2. The van der Waals surface area contributed by atoms with E-state index in [9.17, 15) is 9.90 Å². The van der Waals surface area contributed by atoms with E-state index in [-0.39, 0.29) is 29.0 Å². The number of benzene rings is 1. The standard InChI is InChI=1S/C16H20N2O3/c1-9(2)13(21-4)14-17-15(19)12(16(20)18-14)11-8-6-5-7-10(11)3/h5-9,13H,1-4H3,(H2,17,18,19,20). The van der Waals surface area contributed by atoms with Gasteiger partial charge in [-0.2, -0.15) is 4.98 Å². The fourth-order valence-corrected chi connectivity index (χ4v) is 2.41. The van der Waals surface area contributed by atoms with Crippen LogP contribution in [0.3, 0.4) is 0 Å². The number of methoxy groups -OCH3 is 1. The molecule has 5 nitrogen and oxygen atoms in total. The molecule has 0 fully saturated rings. The molecule has 0 aliphatic heterocycles. The zero-order valence-corrected chi connectivity index (χ0v) is 12.7. The monoisotopic (exact) mass is 288 g/mol. The van der Waals surface area contributed by atoms with E-state index in [4.69, 9.17) is 4.74 Å². The summed E-state index contributed by atoms with van der Waals surface area (Å²) in [6, 6.07) is 7.37. The predicted molar refractivity (Wildman–Crippen MR) is 81.3 cm³/mol. The quantitative estimate of drug-likeness (QED) is 0.907. The lowest BCUT2D eigenvalue weighted by Crippen LogP contribution is -2.20. The van der Waals surface area contributed by atoms with Gasteiger partial charge in [-0.1, -0.05) is 38.1 Å². The smallest absolute Gasteiger partial charge is 0.262 e. The van der Waals surface area contributed by atoms with Crippen molar-refractivity contribution >= 4 is 0 Å². The molecule has 0 saturated heterocycles. The molecule has 2 rings (SSSR count). The zero-order valence-electron chi connectivity index (χ0n) is 12.7. The Labute approximate surface area is 123 Å². The molecule has 0 aliphatic rings. The van der Waals surface area contributed by atoms with E-state index in [2.05, 4.69) is 9.97 Å². The Morgan fingerprint density at radius 3 is 2.48 bits per heavy atom. The summed E-state index contributed by atoms with van der Waals surface area (Å²) in [5, 5.41) is 10.2. The highest BCUT2D eigenvalue weighted by atomic mass is 16.5. The number of aromatic hydroxyl groups is 1. The van der Waals surface area contributed by atoms with Crippen molar-refractivity contribution in [2.75, 3.05) is 7.11 Å². The van der Waals surface area contributed by atoms with Crippen molar-refractivity contribution in [3.05, 3.63) is 46.0 Å². The lowest BCUT2D eigenvalue weighted by Gasteiger charge is -2.18. The number of nitrogens with zero attached hydrogens (tertiary/aromatic N) is 1. The number of aryl methyl sites for hydroxylation is 1. The zero-order chi connectivity index (χ0) is 15.6. The Hall–Kier alpha value is -2.14. The van der Waals surface area contributed by atoms with E-state index in [0.717, 1.165) is 5.56 Å². The summed E-state index contributed by atoms with van der Waals surface area (Å²) < 4.78 is 5.33. The summed E-state index contributed by atoms with van der Waals surface area (Å²) in [6.45, 7) is 5.80. The van der Waals surface area contributed by atoms with Gasteiger partial charge in [0.25, 0.3) is 5.56 Å². The normalized spacial score (nSPS) is 12.6. The second kappa shape index (κ2) is 6.10. The molecule has 1 atom stereocenters. The maximum atomic E-state index is 12.3. The maximum Gasteiger partial charge on any atom is 0.262 e. The number of ether oxygens (including phenoxy) is 1. The first-order chi connectivity index (χ1) is 9.95. The van der Waals surface area contributed by atoms with Crippen LogP contribution < -0.4 is 5.56 Å². The number of aromatic amines is 1. The van der Waals surface area contributed by atoms with Crippen LogP contribution in [0.5, 0.6) is 5.88 Å². The van der Waals surface area contributed by atoms with Crippen molar-refractivity contribution in [3.63, 3.8) is 0 Å². The Kier molecular flexibility index (Phi) is 4.43. The van der Waals surface area contributed by atoms with Crippen LogP contribution in [0.4, 0.5) is 0 Å². The lowest BCUT2D eigenvalue weighted by molar-refractivity contribution is 0.0568. The van der Waals surface area contributed by atoms with Crippen LogP contribution in [0.1, 0.15) is 31.3 Å². The molecule has 0 amide bonds. The molecule has 0 saturated carbocycles. The molecule has 1 aromatic heterocycles. The van der Waals surface area contributed by atoms with E-state index in [0.29, 0.717) is 11.4 Å². The summed E-state index contributed by atoms with van der Waals surface area (Å²) in [5.74, 6) is 0.194. The largest absolute Gasteiger partial charge is 0.493 e. The third kappa shape index (κ3) is 2.97. The summed E-state index contributed by atoms with van der Waals surface area (Å²) in [4.78, 5) is 19.2. The molecular formula is C16H20N2O3. The summed E-state index contributed by atoms with van der Waals surface area (Å²) in [6.07, 6.45) is -0.366. The van der Waals surface area contributed by atoms with Crippen LogP contribution >= 0.6 is 0 Å². The van der Waals surface area contributed by atoms with E-state index in [1.807, 2.05) is 39.0 Å². The molecule has 0 spiro atoms. The van der Waals surface area contributed by atoms with Gasteiger partial charge in [-0.05, 0) is 24.0 Å². The van der Waals surface area contributed by atoms with Gasteiger partial charge in [0.2, 0.25) is 5.88 Å². The molecule has 0 bridgehead atoms. The van der Waals surface area contributed by atoms with Gasteiger partial charge in [-0.3, -0.25) is 4.79 Å². The van der Waals surface area contributed by atoms with Crippen molar-refractivity contribution in [1.29, 1.82) is 0 Å². The van der Waals surface area contributed by atoms with Crippen LogP contribution in [0.2, 0.25) is 0 Å². The first-order valence-electron chi connectivity index (χ1n) is 6.87. The SMILES string of the molecule is COC(c1nc(O)c(-c2ccccc2C)c(=O)[nH]1)C(C)C. The molecule has 5 heteroatoms. The number of nitrogens with one attached hydrogen (secondary N) is 1. The van der Waals surface area contributed by atoms with Crippen molar-refractivity contribution in [1.82, 2.24) is 9.97 Å². The third-order valence-corrected chi connectivity index (χ3v) is 3.46. The first kappa shape index (κ1) is 15.3. The summed E-state index contributed by atoms with van der Waals surface area (Å²) >= 11 is 0. The van der Waals surface area contributed by atoms with Crippen molar-refractivity contribution in [2.45, 2.75) is 26.9 Å². The predicted octanol–water partition coefficient (Wildman–Crippen LogP) is 2.79. The molecule has 2 N–H and O–H groups in total. The third-order valence-electron chi connectivity index (χ3n) is 3.46. The fraction of sp³-hybridized carbons (Fsp3) is 0.375. The molecule has 0 radical (unpaired) electrons. The average Bonchev–Trinajstić information content (AvgIpc) is 2.40. The molecule has 0 aliphatic carbocycles. The maximum absolute atomic E-state index is 12.3. The van der Waals surface area contributed by atoms with Gasteiger partial charge in [-0.15, -0.1) is 0 Å². The summed E-state index contributed by atoms with van der Waals surface area (Å²) in [5.41, 5.74) is 1.40. The van der Waals surface area contributed by atoms with Crippen molar-refractivity contribution in [3.8, 4) is 17.0 Å². The molecular weight excluding hydrogens is 268 g/mol. The highest BCUT2D eigenvalue weighted by molar-refractivity contribution is 5.70. The van der Waals surface area contributed by atoms with Gasteiger partial charge in [0, 0.05) is 7.11 Å². The molecule has 2 aromatic rings. The van der Waals surface area contributed by atoms with E-state index < -0.39 is 0 Å². The Morgan fingerprint density at radius 1 is 1.29 bits per heavy atom. The Bertz CT molecular complexity index is 692. The van der Waals surface area contributed by atoms with Crippen LogP contribution in [0.25, 0.3) is 11.1 Å². The van der Waals surface area contributed by atoms with Gasteiger partial charge in [-0.25, -0.2) is 0 Å². The van der Waals surface area contributed by atoms with Gasteiger partial charge >= 0.3 is 0 Å². The number of rotatable bonds is 4. The highest BCUT2D eigenvalue weighted by Gasteiger charge is 2.21. The van der Waals surface area contributed by atoms with E-state index in [1.54, 1.807) is 13.2 Å². The van der Waals surface area contributed by atoms with Crippen molar-refractivity contribution < 1.29 is 9.84 Å². The van der Waals surface area contributed by atoms with Gasteiger partial charge < -0.3 is 14.8 Å². The molecule has 1 unspecified atom stereocenters. The highest BCUT2D eigenvalue weighted by Crippen LogP contribution is 2.29. The van der Waals surface area contributed by atoms with Gasteiger partial charge in [0.15, 0.2) is 0 Å². The van der Waals surface area contributed by atoms with Crippen molar-refractivity contribution in [2.24, 2.45) is 5.92 Å². The lowest BCUT2D eigenvalue weighted by atomic mass is 10.0. The second-order valence-corrected chi connectivity index (χ2v) is 5.37. The number of hydrogen-bond acceptors (Lipinski definition) is 4. The second-order valence-electron chi connectivity index (χ2n) is 5.37. The van der Waals surface area contributed by atoms with Crippen LogP contribution in [0, 0.1) is 12.8 Å². The molecule has 112 valence electrons. The minimum Gasteiger partial charge on any atom is -0.493 e. The topological polar surface area (TPSA) is 75.2 Å². The van der Waals surface area contributed by atoms with E-state index >= 15 is 0 Å². The number of H-pyrrole nitrogens is 1. The molecule has 1 heterocycles. The summed E-state index contributed by atoms with van der Waals surface area (Å²) in [7, 11) is 1.55. The van der Waals surface area contributed by atoms with E-state index in [1.165, 1.54) is 0 Å². The molecule has 1 aromatic carbocycles. The van der Waals surface area contributed by atoms with Gasteiger partial charge in [0.05, 0.1) is 0 Å². The average molecular weight is 288 g/mol. The van der Waals surface area contributed by atoms with Crippen LogP contribution in [-0.4, -0.2) is 22.2 Å². The van der Waals surface area contributed by atoms with Crippen LogP contribution in [-0.2, 0) is 4.74 Å².